The summed E-state index contributed by atoms with van der Waals surface area (Å²) in [6.07, 6.45) is 4.16. The topological polar surface area (TPSA) is 115 Å². The van der Waals surface area contributed by atoms with Gasteiger partial charge in [-0.05, 0) is 18.9 Å². The van der Waals surface area contributed by atoms with Gasteiger partial charge in [0.25, 0.3) is 5.69 Å². The third-order valence-electron chi connectivity index (χ3n) is 3.90. The Kier molecular flexibility index (Phi) is 4.60. The second-order valence-corrected chi connectivity index (χ2v) is 7.03. The van der Waals surface area contributed by atoms with Crippen LogP contribution in [0.3, 0.4) is 0 Å². The summed E-state index contributed by atoms with van der Waals surface area (Å²) in [5.41, 5.74) is 4.64. The summed E-state index contributed by atoms with van der Waals surface area (Å²) >= 11 is 0. The number of nitro groups is 1. The van der Waals surface area contributed by atoms with Gasteiger partial charge in [-0.2, -0.15) is 0 Å². The Morgan fingerprint density at radius 2 is 1.86 bits per heavy atom. The smallest absolute Gasteiger partial charge is 0.289 e. The lowest BCUT2D eigenvalue weighted by Crippen LogP contribution is -2.54. The number of hydrogen-bond acceptors (Lipinski definition) is 5. The van der Waals surface area contributed by atoms with Crippen LogP contribution in [0.25, 0.3) is 0 Å². The van der Waals surface area contributed by atoms with Crippen molar-refractivity contribution >= 4 is 15.7 Å². The molecule has 1 fully saturated rings. The monoisotopic (exact) mass is 313 g/mol. The number of rotatable bonds is 5. The molecule has 0 heterocycles. The third-order valence-corrected chi connectivity index (χ3v) is 5.53. The van der Waals surface area contributed by atoms with Crippen molar-refractivity contribution in [1.82, 2.24) is 4.72 Å². The summed E-state index contributed by atoms with van der Waals surface area (Å²) in [7, 11) is -3.98. The van der Waals surface area contributed by atoms with E-state index in [9.17, 15) is 18.5 Å². The molecule has 0 amide bonds. The Labute approximate surface area is 123 Å². The molecule has 1 aliphatic carbocycles. The number of para-hydroxylation sites is 1. The average molecular weight is 313 g/mol. The highest BCUT2D eigenvalue weighted by molar-refractivity contribution is 7.89. The predicted octanol–water partition coefficient (Wildman–Crippen LogP) is 1.53. The summed E-state index contributed by atoms with van der Waals surface area (Å²) < 4.78 is 27.7. The summed E-state index contributed by atoms with van der Waals surface area (Å²) in [5.74, 6) is 0. The molecule has 0 radical (unpaired) electrons. The van der Waals surface area contributed by atoms with Crippen LogP contribution in [0.15, 0.2) is 29.2 Å². The van der Waals surface area contributed by atoms with Gasteiger partial charge in [-0.25, -0.2) is 13.1 Å². The number of hydrogen-bond donors (Lipinski definition) is 2. The third kappa shape index (κ3) is 3.39. The van der Waals surface area contributed by atoms with Crippen LogP contribution in [0.2, 0.25) is 0 Å². The first-order valence-electron chi connectivity index (χ1n) is 6.88. The quantitative estimate of drug-likeness (QED) is 0.632. The van der Waals surface area contributed by atoms with Crippen LogP contribution in [-0.4, -0.2) is 25.4 Å². The highest BCUT2D eigenvalue weighted by Crippen LogP contribution is 2.31. The zero-order chi connectivity index (χ0) is 15.5. The van der Waals surface area contributed by atoms with Gasteiger partial charge in [-0.3, -0.25) is 10.1 Å². The number of nitrogens with zero attached hydrogens (tertiary/aromatic N) is 1. The molecule has 0 spiro atoms. The van der Waals surface area contributed by atoms with Crippen LogP contribution in [0.5, 0.6) is 0 Å². The van der Waals surface area contributed by atoms with Crippen LogP contribution in [0, 0.1) is 10.1 Å². The first-order valence-corrected chi connectivity index (χ1v) is 8.36. The molecule has 8 heteroatoms. The van der Waals surface area contributed by atoms with Crippen molar-refractivity contribution < 1.29 is 13.3 Å². The van der Waals surface area contributed by atoms with Gasteiger partial charge in [0.1, 0.15) is 0 Å². The fourth-order valence-corrected chi connectivity index (χ4v) is 4.39. The average Bonchev–Trinajstić information content (AvgIpc) is 2.47. The minimum atomic E-state index is -3.98. The van der Waals surface area contributed by atoms with Gasteiger partial charge >= 0.3 is 0 Å². The molecule has 2 rings (SSSR count). The van der Waals surface area contributed by atoms with Gasteiger partial charge < -0.3 is 5.73 Å². The zero-order valence-corrected chi connectivity index (χ0v) is 12.4. The lowest BCUT2D eigenvalue weighted by molar-refractivity contribution is -0.387. The van der Waals surface area contributed by atoms with Gasteiger partial charge in [0.05, 0.1) is 4.92 Å². The summed E-state index contributed by atoms with van der Waals surface area (Å²) in [5, 5.41) is 11.0. The summed E-state index contributed by atoms with van der Waals surface area (Å²) in [4.78, 5) is 10.00. The van der Waals surface area contributed by atoms with E-state index < -0.39 is 26.2 Å². The van der Waals surface area contributed by atoms with E-state index in [1.807, 2.05) is 0 Å². The molecular formula is C13H19N3O4S. The normalized spacial score (nSPS) is 18.3. The van der Waals surface area contributed by atoms with E-state index in [0.717, 1.165) is 19.3 Å². The number of sulfonamides is 1. The molecular weight excluding hydrogens is 294 g/mol. The number of nitrogens with two attached hydrogens (primary N) is 1. The van der Waals surface area contributed by atoms with E-state index in [1.54, 1.807) is 0 Å². The summed E-state index contributed by atoms with van der Waals surface area (Å²) in [6.45, 7) is 0.187. The van der Waals surface area contributed by atoms with Crippen LogP contribution in [-0.2, 0) is 10.0 Å². The molecule has 0 unspecified atom stereocenters. The Morgan fingerprint density at radius 1 is 1.24 bits per heavy atom. The van der Waals surface area contributed by atoms with Gasteiger partial charge in [0.15, 0.2) is 4.90 Å². The van der Waals surface area contributed by atoms with Gasteiger partial charge in [-0.15, -0.1) is 0 Å². The summed E-state index contributed by atoms with van der Waals surface area (Å²) in [6, 6.07) is 5.34. The van der Waals surface area contributed by atoms with Crippen molar-refractivity contribution in [2.45, 2.75) is 42.5 Å². The fraction of sp³-hybridized carbons (Fsp3) is 0.538. The molecule has 0 bridgehead atoms. The molecule has 3 N–H and O–H groups in total. The highest BCUT2D eigenvalue weighted by Gasteiger charge is 2.37. The molecule has 0 aliphatic heterocycles. The Bertz CT molecular complexity index is 624. The Balaban J connectivity index is 2.36. The fourth-order valence-electron chi connectivity index (χ4n) is 2.75. The van der Waals surface area contributed by atoms with Gasteiger partial charge in [0, 0.05) is 18.2 Å². The number of benzene rings is 1. The van der Waals surface area contributed by atoms with E-state index in [1.165, 1.54) is 24.3 Å². The first kappa shape index (κ1) is 15.9. The zero-order valence-electron chi connectivity index (χ0n) is 11.6. The van der Waals surface area contributed by atoms with E-state index in [0.29, 0.717) is 12.8 Å². The molecule has 1 aliphatic rings. The molecule has 0 atom stereocenters. The molecule has 1 aromatic carbocycles. The maximum absolute atomic E-state index is 12.5. The second kappa shape index (κ2) is 6.08. The number of nitrogens with one attached hydrogen (secondary N) is 1. The lowest BCUT2D eigenvalue weighted by atomic mass is 9.83. The van der Waals surface area contributed by atoms with Crippen molar-refractivity contribution in [2.24, 2.45) is 5.73 Å². The maximum atomic E-state index is 12.5. The van der Waals surface area contributed by atoms with Crippen LogP contribution in [0.4, 0.5) is 5.69 Å². The molecule has 21 heavy (non-hydrogen) atoms. The number of nitro benzene ring substituents is 1. The maximum Gasteiger partial charge on any atom is 0.289 e. The van der Waals surface area contributed by atoms with Crippen molar-refractivity contribution in [3.63, 3.8) is 0 Å². The van der Waals surface area contributed by atoms with Gasteiger partial charge in [0.2, 0.25) is 10.0 Å². The Morgan fingerprint density at radius 3 is 2.43 bits per heavy atom. The SMILES string of the molecule is NCC1(NS(=O)(=O)c2ccccc2[N+](=O)[O-])CCCCC1. The standard InChI is InChI=1S/C13H19N3O4S/c14-10-13(8-4-1-5-9-13)15-21(19,20)12-7-3-2-6-11(12)16(17)18/h2-3,6-7,15H,1,4-5,8-10,14H2. The van der Waals surface area contributed by atoms with Crippen molar-refractivity contribution in [2.75, 3.05) is 6.54 Å². The van der Waals surface area contributed by atoms with E-state index in [4.69, 9.17) is 5.73 Å². The molecule has 116 valence electrons. The largest absolute Gasteiger partial charge is 0.329 e. The minimum Gasteiger partial charge on any atom is -0.329 e. The molecule has 7 nitrogen and oxygen atoms in total. The van der Waals surface area contributed by atoms with E-state index in [2.05, 4.69) is 4.72 Å². The van der Waals surface area contributed by atoms with Crippen LogP contribution in [0.1, 0.15) is 32.1 Å². The Hall–Kier alpha value is -1.51. The van der Waals surface area contributed by atoms with E-state index >= 15 is 0 Å². The van der Waals surface area contributed by atoms with Gasteiger partial charge in [-0.1, -0.05) is 31.4 Å². The molecule has 0 aromatic heterocycles. The second-order valence-electron chi connectivity index (χ2n) is 5.38. The molecule has 1 aromatic rings. The van der Waals surface area contributed by atoms with Crippen molar-refractivity contribution in [3.8, 4) is 0 Å². The van der Waals surface area contributed by atoms with E-state index in [-0.39, 0.29) is 11.4 Å². The first-order chi connectivity index (χ1) is 9.90. The highest BCUT2D eigenvalue weighted by atomic mass is 32.2. The predicted molar refractivity (Wildman–Crippen MR) is 78.3 cm³/mol. The molecule has 0 saturated heterocycles. The molecule has 1 saturated carbocycles. The van der Waals surface area contributed by atoms with Crippen LogP contribution < -0.4 is 10.5 Å². The lowest BCUT2D eigenvalue weighted by Gasteiger charge is -2.36. The van der Waals surface area contributed by atoms with Crippen molar-refractivity contribution in [3.05, 3.63) is 34.4 Å². The minimum absolute atomic E-state index is 0.187. The van der Waals surface area contributed by atoms with Crippen LogP contribution >= 0.6 is 0 Å². The van der Waals surface area contributed by atoms with Crippen molar-refractivity contribution in [1.29, 1.82) is 0 Å².